The standard InChI is InChI=1S/C21H25FN4O5/c22-16-10-26(21(30)23-20(16)29)17-11-25(12-18(17)27)19(28)13-31-15-5-3-14(4-6-15)9-24-7-1-2-8-24/h3-6,10,17-18,27H,1-2,7-9,11-13H2,(H,23,29,30)/t17-,18-/m0/s1. The Bertz CT molecular complexity index is 1040. The second-order valence-electron chi connectivity index (χ2n) is 7.99. The fourth-order valence-corrected chi connectivity index (χ4v) is 4.08. The second-order valence-corrected chi connectivity index (χ2v) is 7.99. The van der Waals surface area contributed by atoms with Crippen LogP contribution in [-0.2, 0) is 11.3 Å². The molecule has 10 heteroatoms. The van der Waals surface area contributed by atoms with Crippen molar-refractivity contribution in [3.8, 4) is 5.75 Å². The highest BCUT2D eigenvalue weighted by Crippen LogP contribution is 2.21. The minimum absolute atomic E-state index is 0.00350. The van der Waals surface area contributed by atoms with E-state index in [0.717, 1.165) is 30.4 Å². The normalized spacial score (nSPS) is 21.5. The van der Waals surface area contributed by atoms with E-state index in [1.165, 1.54) is 23.3 Å². The van der Waals surface area contributed by atoms with Gasteiger partial charge in [0.2, 0.25) is 5.82 Å². The summed E-state index contributed by atoms with van der Waals surface area (Å²) < 4.78 is 20.0. The van der Waals surface area contributed by atoms with Crippen LogP contribution >= 0.6 is 0 Å². The molecule has 3 heterocycles. The molecule has 1 aromatic carbocycles. The van der Waals surface area contributed by atoms with Crippen LogP contribution in [0.25, 0.3) is 0 Å². The zero-order chi connectivity index (χ0) is 22.0. The predicted octanol–water partition coefficient (Wildman–Crippen LogP) is 0.0947. The number of hydrogen-bond donors (Lipinski definition) is 2. The van der Waals surface area contributed by atoms with Gasteiger partial charge in [-0.15, -0.1) is 0 Å². The molecule has 0 radical (unpaired) electrons. The first-order chi connectivity index (χ1) is 14.9. The summed E-state index contributed by atoms with van der Waals surface area (Å²) >= 11 is 0. The molecule has 2 saturated heterocycles. The molecule has 0 unspecified atom stereocenters. The number of H-pyrrole nitrogens is 1. The lowest BCUT2D eigenvalue weighted by Gasteiger charge is -2.18. The lowest BCUT2D eigenvalue weighted by atomic mass is 10.2. The van der Waals surface area contributed by atoms with Crippen LogP contribution in [0.1, 0.15) is 24.4 Å². The van der Waals surface area contributed by atoms with E-state index in [4.69, 9.17) is 4.74 Å². The molecule has 2 N–H and O–H groups in total. The Morgan fingerprint density at radius 3 is 2.58 bits per heavy atom. The average Bonchev–Trinajstić information content (AvgIpc) is 3.40. The molecule has 166 valence electrons. The van der Waals surface area contributed by atoms with Crippen LogP contribution in [0.3, 0.4) is 0 Å². The summed E-state index contributed by atoms with van der Waals surface area (Å²) in [6.45, 7) is 2.90. The molecule has 1 amide bonds. The van der Waals surface area contributed by atoms with Crippen molar-refractivity contribution in [1.82, 2.24) is 19.4 Å². The van der Waals surface area contributed by atoms with Crippen molar-refractivity contribution >= 4 is 5.91 Å². The molecule has 2 atom stereocenters. The molecular weight excluding hydrogens is 407 g/mol. The van der Waals surface area contributed by atoms with E-state index in [1.807, 2.05) is 29.2 Å². The minimum atomic E-state index is -1.13. The molecule has 0 aliphatic carbocycles. The number of aromatic amines is 1. The number of ether oxygens (including phenoxy) is 1. The Labute approximate surface area is 177 Å². The molecule has 2 aliphatic heterocycles. The number of aromatic nitrogens is 2. The van der Waals surface area contributed by atoms with E-state index in [9.17, 15) is 23.9 Å². The van der Waals surface area contributed by atoms with Crippen molar-refractivity contribution in [2.75, 3.05) is 32.8 Å². The lowest BCUT2D eigenvalue weighted by molar-refractivity contribution is -0.132. The van der Waals surface area contributed by atoms with Gasteiger partial charge in [-0.25, -0.2) is 4.79 Å². The third-order valence-corrected chi connectivity index (χ3v) is 5.78. The maximum Gasteiger partial charge on any atom is 0.328 e. The van der Waals surface area contributed by atoms with Crippen LogP contribution < -0.4 is 16.0 Å². The van der Waals surface area contributed by atoms with E-state index in [0.29, 0.717) is 5.75 Å². The Kier molecular flexibility index (Phi) is 6.19. The van der Waals surface area contributed by atoms with Gasteiger partial charge in [-0.05, 0) is 43.6 Å². The quantitative estimate of drug-likeness (QED) is 0.670. The summed E-state index contributed by atoms with van der Waals surface area (Å²) in [5.41, 5.74) is -0.777. The van der Waals surface area contributed by atoms with Crippen LogP contribution in [0, 0.1) is 5.82 Å². The number of nitrogens with one attached hydrogen (secondary N) is 1. The number of nitrogens with zero attached hydrogens (tertiary/aromatic N) is 3. The zero-order valence-electron chi connectivity index (χ0n) is 17.0. The van der Waals surface area contributed by atoms with Gasteiger partial charge in [0.1, 0.15) is 5.75 Å². The average molecular weight is 432 g/mol. The molecule has 0 saturated carbocycles. The summed E-state index contributed by atoms with van der Waals surface area (Å²) in [4.78, 5) is 41.3. The smallest absolute Gasteiger partial charge is 0.328 e. The third-order valence-electron chi connectivity index (χ3n) is 5.78. The number of benzene rings is 1. The predicted molar refractivity (Wildman–Crippen MR) is 109 cm³/mol. The maximum absolute atomic E-state index is 13.6. The number of carbonyl (C=O) groups excluding carboxylic acids is 1. The van der Waals surface area contributed by atoms with Gasteiger partial charge in [-0.3, -0.25) is 24.0 Å². The molecule has 0 bridgehead atoms. The largest absolute Gasteiger partial charge is 0.484 e. The van der Waals surface area contributed by atoms with Crippen molar-refractivity contribution in [3.05, 3.63) is 62.7 Å². The maximum atomic E-state index is 13.6. The Morgan fingerprint density at radius 1 is 1.16 bits per heavy atom. The van der Waals surface area contributed by atoms with Gasteiger partial charge in [0.15, 0.2) is 6.61 Å². The molecular formula is C21H25FN4O5. The summed E-state index contributed by atoms with van der Waals surface area (Å²) in [5, 5.41) is 10.3. The zero-order valence-corrected chi connectivity index (χ0v) is 17.0. The number of aliphatic hydroxyl groups excluding tert-OH is 1. The van der Waals surface area contributed by atoms with E-state index in [-0.39, 0.29) is 25.6 Å². The van der Waals surface area contributed by atoms with Gasteiger partial charge >= 0.3 is 5.69 Å². The van der Waals surface area contributed by atoms with Crippen LogP contribution in [0.5, 0.6) is 5.75 Å². The first kappa shape index (κ1) is 21.3. The molecule has 2 aromatic rings. The number of carbonyl (C=O) groups is 1. The van der Waals surface area contributed by atoms with Crippen LogP contribution in [0.2, 0.25) is 0 Å². The highest BCUT2D eigenvalue weighted by molar-refractivity contribution is 5.78. The Balaban J connectivity index is 1.32. The van der Waals surface area contributed by atoms with Crippen molar-refractivity contribution in [2.24, 2.45) is 0 Å². The van der Waals surface area contributed by atoms with Gasteiger partial charge < -0.3 is 14.7 Å². The summed E-state index contributed by atoms with van der Waals surface area (Å²) in [6.07, 6.45) is 2.16. The van der Waals surface area contributed by atoms with Gasteiger partial charge in [0.25, 0.3) is 11.5 Å². The van der Waals surface area contributed by atoms with Crippen molar-refractivity contribution in [3.63, 3.8) is 0 Å². The molecule has 2 fully saturated rings. The van der Waals surface area contributed by atoms with Crippen molar-refractivity contribution in [1.29, 1.82) is 0 Å². The SMILES string of the molecule is O=C(COc1ccc(CN2CCCC2)cc1)N1C[C@H](O)[C@@H](n2cc(F)c(=O)[nH]c2=O)C1. The van der Waals surface area contributed by atoms with Gasteiger partial charge in [-0.2, -0.15) is 4.39 Å². The number of likely N-dealkylation sites (tertiary alicyclic amines) is 2. The number of amides is 1. The second kappa shape index (κ2) is 9.03. The summed E-state index contributed by atoms with van der Waals surface area (Å²) in [6, 6.07) is 6.74. The third kappa shape index (κ3) is 4.86. The Morgan fingerprint density at radius 2 is 1.87 bits per heavy atom. The van der Waals surface area contributed by atoms with Crippen LogP contribution in [0.15, 0.2) is 40.1 Å². The van der Waals surface area contributed by atoms with E-state index < -0.39 is 29.2 Å². The van der Waals surface area contributed by atoms with E-state index >= 15 is 0 Å². The number of rotatable bonds is 6. The monoisotopic (exact) mass is 432 g/mol. The molecule has 0 spiro atoms. The molecule has 2 aliphatic rings. The highest BCUT2D eigenvalue weighted by atomic mass is 19.1. The lowest BCUT2D eigenvalue weighted by Crippen LogP contribution is -2.38. The fourth-order valence-electron chi connectivity index (χ4n) is 4.08. The summed E-state index contributed by atoms with van der Waals surface area (Å²) in [5.74, 6) is -0.928. The number of halogens is 1. The number of hydrogen-bond acceptors (Lipinski definition) is 6. The Hall–Kier alpha value is -2.98. The first-order valence-electron chi connectivity index (χ1n) is 10.3. The number of aliphatic hydroxyl groups is 1. The molecule has 4 rings (SSSR count). The van der Waals surface area contributed by atoms with E-state index in [1.54, 1.807) is 0 Å². The molecule has 31 heavy (non-hydrogen) atoms. The van der Waals surface area contributed by atoms with Crippen LogP contribution in [-0.4, -0.2) is 69.3 Å². The van der Waals surface area contributed by atoms with Crippen LogP contribution in [0.4, 0.5) is 4.39 Å². The fraction of sp³-hybridized carbons (Fsp3) is 0.476. The highest BCUT2D eigenvalue weighted by Gasteiger charge is 2.36. The van der Waals surface area contributed by atoms with Crippen molar-refractivity contribution in [2.45, 2.75) is 31.5 Å². The summed E-state index contributed by atoms with van der Waals surface area (Å²) in [7, 11) is 0. The minimum Gasteiger partial charge on any atom is -0.484 e. The molecule has 9 nitrogen and oxygen atoms in total. The number of β-amino-alcohol motifs (C(OH)–C–C–N with tert-alkyl or cyclic N) is 1. The topological polar surface area (TPSA) is 108 Å². The van der Waals surface area contributed by atoms with Crippen molar-refractivity contribution < 1.29 is 19.0 Å². The first-order valence-corrected chi connectivity index (χ1v) is 10.3. The van der Waals surface area contributed by atoms with Gasteiger partial charge in [-0.1, -0.05) is 12.1 Å². The van der Waals surface area contributed by atoms with Gasteiger partial charge in [0, 0.05) is 19.6 Å². The van der Waals surface area contributed by atoms with E-state index in [2.05, 4.69) is 4.90 Å². The molecule has 1 aromatic heterocycles. The van der Waals surface area contributed by atoms with Gasteiger partial charge in [0.05, 0.1) is 18.3 Å².